The first-order valence-corrected chi connectivity index (χ1v) is 9.60. The second-order valence-electron chi connectivity index (χ2n) is 7.73. The van der Waals surface area contributed by atoms with E-state index in [0.717, 1.165) is 18.7 Å². The molecular formula is C20H19F2N5O2. The van der Waals surface area contributed by atoms with Crippen LogP contribution in [0.2, 0.25) is 0 Å². The van der Waals surface area contributed by atoms with Gasteiger partial charge in [-0.1, -0.05) is 6.07 Å². The molecule has 2 atom stereocenters. The number of alkyl halides is 2. The number of urea groups is 1. The number of nitrogens with one attached hydrogen (secondary N) is 1. The lowest BCUT2D eigenvalue weighted by atomic mass is 10.1. The number of anilines is 3. The van der Waals surface area contributed by atoms with Crippen LogP contribution in [0, 0.1) is 5.92 Å². The average Bonchev–Trinajstić information content (AvgIpc) is 3.09. The van der Waals surface area contributed by atoms with E-state index in [9.17, 15) is 18.4 Å². The van der Waals surface area contributed by atoms with Crippen LogP contribution in [0.3, 0.4) is 0 Å². The monoisotopic (exact) mass is 399 g/mol. The van der Waals surface area contributed by atoms with Crippen LogP contribution in [0.5, 0.6) is 0 Å². The Hall–Kier alpha value is -3.10. The number of carbonyl (C=O) groups excluding carboxylic acids is 2. The summed E-state index contributed by atoms with van der Waals surface area (Å²) in [4.78, 5) is 37.7. The third-order valence-corrected chi connectivity index (χ3v) is 5.74. The number of hydrogen-bond donors (Lipinski definition) is 1. The van der Waals surface area contributed by atoms with E-state index in [1.807, 2.05) is 0 Å². The second-order valence-corrected chi connectivity index (χ2v) is 7.73. The molecule has 4 heterocycles. The van der Waals surface area contributed by atoms with E-state index >= 15 is 0 Å². The molecule has 150 valence electrons. The Bertz CT molecular complexity index is 984. The Morgan fingerprint density at radius 1 is 1.24 bits per heavy atom. The highest BCUT2D eigenvalue weighted by Crippen LogP contribution is 2.51. The number of aromatic nitrogens is 2. The number of Topliss-reactive ketones (excluding diaryl/α,β-unsaturated/α-hetero) is 1. The van der Waals surface area contributed by atoms with Crippen molar-refractivity contribution in [3.05, 3.63) is 42.2 Å². The Balaban J connectivity index is 1.44. The number of hydrogen-bond acceptors (Lipinski definition) is 5. The summed E-state index contributed by atoms with van der Waals surface area (Å²) < 4.78 is 26.4. The molecule has 1 N–H and O–H groups in total. The summed E-state index contributed by atoms with van der Waals surface area (Å²) in [6.07, 6.45) is 1.88. The topological polar surface area (TPSA) is 78.4 Å². The highest BCUT2D eigenvalue weighted by molar-refractivity contribution is 6.05. The van der Waals surface area contributed by atoms with Gasteiger partial charge in [-0.3, -0.25) is 15.0 Å². The van der Waals surface area contributed by atoms with Gasteiger partial charge < -0.3 is 4.90 Å². The molecule has 9 heteroatoms. The Morgan fingerprint density at radius 3 is 2.79 bits per heavy atom. The number of carbonyl (C=O) groups is 2. The summed E-state index contributed by atoms with van der Waals surface area (Å²) in [5.74, 6) is -3.27. The van der Waals surface area contributed by atoms with Gasteiger partial charge in [-0.25, -0.2) is 23.5 Å². The standard InChI is InChI=1S/C20H19F2N5O2/c21-20(22)10-12(20)9-16(28)14-4-5-15-18(24-14)27(13-6-8-26(15)11-13)19(29)25-17-3-1-2-7-23-17/h1-5,7,12-13H,6,8-11H2,(H,23,25,29)/t12-,13+/m1/s1. The van der Waals surface area contributed by atoms with Gasteiger partial charge in [0.1, 0.15) is 11.5 Å². The summed E-state index contributed by atoms with van der Waals surface area (Å²) in [5.41, 5.74) is 0.882. The third kappa shape index (κ3) is 3.20. The van der Waals surface area contributed by atoms with Gasteiger partial charge in [0.15, 0.2) is 11.6 Å². The van der Waals surface area contributed by atoms with Crippen LogP contribution in [-0.4, -0.2) is 46.8 Å². The largest absolute Gasteiger partial charge is 0.366 e. The normalized spacial score (nSPS) is 23.5. The van der Waals surface area contributed by atoms with Crippen molar-refractivity contribution in [3.8, 4) is 0 Å². The highest BCUT2D eigenvalue weighted by atomic mass is 19.3. The van der Waals surface area contributed by atoms with E-state index in [4.69, 9.17) is 0 Å². The molecule has 1 saturated carbocycles. The van der Waals surface area contributed by atoms with Crippen LogP contribution in [0.4, 0.5) is 30.9 Å². The number of amides is 2. The molecule has 0 radical (unpaired) electrons. The second kappa shape index (κ2) is 6.47. The number of pyridine rings is 2. The van der Waals surface area contributed by atoms with Crippen LogP contribution in [0.25, 0.3) is 0 Å². The van der Waals surface area contributed by atoms with Crippen LogP contribution in [0.15, 0.2) is 36.5 Å². The summed E-state index contributed by atoms with van der Waals surface area (Å²) in [5, 5.41) is 2.77. The maximum atomic E-state index is 13.2. The Kier molecular flexibility index (Phi) is 4.01. The summed E-state index contributed by atoms with van der Waals surface area (Å²) >= 11 is 0. The highest BCUT2D eigenvalue weighted by Gasteiger charge is 2.57. The fourth-order valence-electron chi connectivity index (χ4n) is 4.05. The maximum absolute atomic E-state index is 13.2. The molecule has 2 bridgehead atoms. The van der Waals surface area contributed by atoms with Gasteiger partial charge in [0.05, 0.1) is 11.7 Å². The van der Waals surface area contributed by atoms with E-state index in [1.54, 1.807) is 41.4 Å². The average molecular weight is 399 g/mol. The molecule has 7 nitrogen and oxygen atoms in total. The van der Waals surface area contributed by atoms with Crippen LogP contribution >= 0.6 is 0 Å². The van der Waals surface area contributed by atoms with Gasteiger partial charge in [0.2, 0.25) is 0 Å². The van der Waals surface area contributed by atoms with Crippen LogP contribution in [-0.2, 0) is 0 Å². The van der Waals surface area contributed by atoms with Crippen molar-refractivity contribution >= 4 is 29.1 Å². The zero-order valence-electron chi connectivity index (χ0n) is 15.5. The third-order valence-electron chi connectivity index (χ3n) is 5.74. The molecule has 2 aromatic rings. The van der Waals surface area contributed by atoms with Crippen LogP contribution in [0.1, 0.15) is 29.8 Å². The minimum Gasteiger partial charge on any atom is -0.366 e. The smallest absolute Gasteiger partial charge is 0.329 e. The molecule has 1 aliphatic carbocycles. The quantitative estimate of drug-likeness (QED) is 0.798. The zero-order valence-corrected chi connectivity index (χ0v) is 15.5. The number of nitrogens with zero attached hydrogens (tertiary/aromatic N) is 4. The summed E-state index contributed by atoms with van der Waals surface area (Å²) in [6, 6.07) is 8.08. The minimum absolute atomic E-state index is 0.0724. The predicted octanol–water partition coefficient (Wildman–Crippen LogP) is 3.34. The van der Waals surface area contributed by atoms with E-state index in [0.29, 0.717) is 18.2 Å². The lowest BCUT2D eigenvalue weighted by Gasteiger charge is -2.35. The SMILES string of the molecule is O=C(C[C@@H]1CC1(F)F)c1ccc2c(n1)N(C(=O)Nc1ccccn1)[C@H]1CCN2C1. The van der Waals surface area contributed by atoms with Gasteiger partial charge in [-0.15, -0.1) is 0 Å². The summed E-state index contributed by atoms with van der Waals surface area (Å²) in [6.45, 7) is 1.47. The van der Waals surface area contributed by atoms with Crippen molar-refractivity contribution in [2.45, 2.75) is 31.2 Å². The number of rotatable bonds is 4. The fourth-order valence-corrected chi connectivity index (χ4v) is 4.05. The Morgan fingerprint density at radius 2 is 2.07 bits per heavy atom. The lowest BCUT2D eigenvalue weighted by Crippen LogP contribution is -2.48. The first-order valence-electron chi connectivity index (χ1n) is 9.60. The molecule has 2 aliphatic heterocycles. The first-order chi connectivity index (χ1) is 13.9. The minimum atomic E-state index is -2.75. The van der Waals surface area contributed by atoms with E-state index in [2.05, 4.69) is 20.2 Å². The van der Waals surface area contributed by atoms with Crippen molar-refractivity contribution in [2.75, 3.05) is 28.2 Å². The van der Waals surface area contributed by atoms with Crippen molar-refractivity contribution in [1.29, 1.82) is 0 Å². The molecule has 2 fully saturated rings. The molecule has 0 aromatic carbocycles. The van der Waals surface area contributed by atoms with E-state index in [-0.39, 0.29) is 30.6 Å². The Labute approximate surface area is 165 Å². The number of ketones is 1. The number of halogens is 2. The molecule has 29 heavy (non-hydrogen) atoms. The van der Waals surface area contributed by atoms with E-state index < -0.39 is 17.6 Å². The molecule has 3 aliphatic rings. The molecule has 5 rings (SSSR count). The van der Waals surface area contributed by atoms with Gasteiger partial charge in [0.25, 0.3) is 5.92 Å². The number of fused-ring (bicyclic) bond motifs is 4. The van der Waals surface area contributed by atoms with Gasteiger partial charge in [0, 0.05) is 38.0 Å². The maximum Gasteiger partial charge on any atom is 0.329 e. The van der Waals surface area contributed by atoms with Gasteiger partial charge >= 0.3 is 6.03 Å². The predicted molar refractivity (Wildman–Crippen MR) is 103 cm³/mol. The molecule has 1 saturated heterocycles. The van der Waals surface area contributed by atoms with Crippen molar-refractivity contribution in [3.63, 3.8) is 0 Å². The van der Waals surface area contributed by atoms with Crippen molar-refractivity contribution in [1.82, 2.24) is 9.97 Å². The molecule has 0 unspecified atom stereocenters. The first kappa shape index (κ1) is 18.0. The molecule has 0 spiro atoms. The van der Waals surface area contributed by atoms with Crippen molar-refractivity contribution in [2.24, 2.45) is 5.92 Å². The molecular weight excluding hydrogens is 380 g/mol. The van der Waals surface area contributed by atoms with Crippen LogP contribution < -0.4 is 15.1 Å². The molecule has 2 amide bonds. The van der Waals surface area contributed by atoms with Crippen molar-refractivity contribution < 1.29 is 18.4 Å². The summed E-state index contributed by atoms with van der Waals surface area (Å²) in [7, 11) is 0. The van der Waals surface area contributed by atoms with Gasteiger partial charge in [-0.05, 0) is 30.7 Å². The zero-order chi connectivity index (χ0) is 20.2. The van der Waals surface area contributed by atoms with E-state index in [1.165, 1.54) is 0 Å². The van der Waals surface area contributed by atoms with Gasteiger partial charge in [-0.2, -0.15) is 0 Å². The lowest BCUT2D eigenvalue weighted by molar-refractivity contribution is 0.0830. The fraction of sp³-hybridized carbons (Fsp3) is 0.400. The molecule has 2 aromatic heterocycles.